The van der Waals surface area contributed by atoms with E-state index in [4.69, 9.17) is 9.47 Å². The lowest BCUT2D eigenvalue weighted by Gasteiger charge is -2.27. The van der Waals surface area contributed by atoms with Gasteiger partial charge in [0, 0.05) is 33.4 Å². The van der Waals surface area contributed by atoms with E-state index in [1.54, 1.807) is 6.92 Å². The van der Waals surface area contributed by atoms with Crippen LogP contribution in [0.25, 0.3) is 0 Å². The van der Waals surface area contributed by atoms with E-state index in [1.165, 1.54) is 45.4 Å². The second-order valence-corrected chi connectivity index (χ2v) is 6.88. The standard InChI is InChI=1S/C14H22N2O5S/c1-11(17)16-12-5-7-13(8-6-12)22(18,19)15-9-14(2,21-4)10-20-3/h5-8,15H,9-10H2,1-4H3,(H,16,17). The van der Waals surface area contributed by atoms with Crippen LogP contribution in [0, 0.1) is 0 Å². The lowest BCUT2D eigenvalue weighted by atomic mass is 10.1. The molecule has 7 nitrogen and oxygen atoms in total. The van der Waals surface area contributed by atoms with Crippen molar-refractivity contribution in [2.45, 2.75) is 24.3 Å². The summed E-state index contributed by atoms with van der Waals surface area (Å²) in [4.78, 5) is 11.0. The third-order valence-electron chi connectivity index (χ3n) is 3.06. The van der Waals surface area contributed by atoms with Gasteiger partial charge in [-0.05, 0) is 31.2 Å². The van der Waals surface area contributed by atoms with Crippen molar-refractivity contribution in [3.05, 3.63) is 24.3 Å². The fraction of sp³-hybridized carbons (Fsp3) is 0.500. The van der Waals surface area contributed by atoms with Crippen molar-refractivity contribution in [2.75, 3.05) is 32.7 Å². The molecule has 2 N–H and O–H groups in total. The maximum absolute atomic E-state index is 12.2. The molecular formula is C14H22N2O5S. The van der Waals surface area contributed by atoms with Crippen molar-refractivity contribution < 1.29 is 22.7 Å². The molecule has 0 saturated carbocycles. The summed E-state index contributed by atoms with van der Waals surface area (Å²) in [6, 6.07) is 5.91. The minimum absolute atomic E-state index is 0.0765. The van der Waals surface area contributed by atoms with Gasteiger partial charge in [-0.1, -0.05) is 0 Å². The average Bonchev–Trinajstić information content (AvgIpc) is 2.46. The van der Waals surface area contributed by atoms with E-state index in [9.17, 15) is 13.2 Å². The zero-order valence-electron chi connectivity index (χ0n) is 13.2. The molecule has 1 amide bonds. The number of methoxy groups -OCH3 is 2. The minimum Gasteiger partial charge on any atom is -0.382 e. The number of hydrogen-bond acceptors (Lipinski definition) is 5. The van der Waals surface area contributed by atoms with Crippen LogP contribution in [0.3, 0.4) is 0 Å². The Labute approximate surface area is 131 Å². The van der Waals surface area contributed by atoms with Crippen LogP contribution in [0.4, 0.5) is 5.69 Å². The number of sulfonamides is 1. The maximum Gasteiger partial charge on any atom is 0.240 e. The first-order valence-corrected chi connectivity index (χ1v) is 8.12. The van der Waals surface area contributed by atoms with Gasteiger partial charge in [0.15, 0.2) is 0 Å². The molecule has 0 radical (unpaired) electrons. The highest BCUT2D eigenvalue weighted by atomic mass is 32.2. The van der Waals surface area contributed by atoms with Gasteiger partial charge in [-0.25, -0.2) is 13.1 Å². The number of rotatable bonds is 8. The monoisotopic (exact) mass is 330 g/mol. The fourth-order valence-electron chi connectivity index (χ4n) is 1.74. The van der Waals surface area contributed by atoms with Crippen molar-refractivity contribution >= 4 is 21.6 Å². The summed E-state index contributed by atoms with van der Waals surface area (Å²) in [7, 11) is -0.649. The topological polar surface area (TPSA) is 93.7 Å². The molecule has 0 saturated heterocycles. The molecule has 0 bridgehead atoms. The van der Waals surface area contributed by atoms with Crippen LogP contribution in [-0.4, -0.2) is 47.3 Å². The Morgan fingerprint density at radius 2 is 1.82 bits per heavy atom. The molecule has 1 aromatic rings. The fourth-order valence-corrected chi connectivity index (χ4v) is 2.90. The molecule has 0 spiro atoms. The van der Waals surface area contributed by atoms with Crippen molar-refractivity contribution in [2.24, 2.45) is 0 Å². The first-order valence-electron chi connectivity index (χ1n) is 6.64. The van der Waals surface area contributed by atoms with E-state index in [0.717, 1.165) is 0 Å². The van der Waals surface area contributed by atoms with Gasteiger partial charge >= 0.3 is 0 Å². The molecule has 1 aromatic carbocycles. The van der Waals surface area contributed by atoms with Crippen LogP contribution in [0.5, 0.6) is 0 Å². The quantitative estimate of drug-likeness (QED) is 0.741. The van der Waals surface area contributed by atoms with Crippen LogP contribution in [0.15, 0.2) is 29.2 Å². The lowest BCUT2D eigenvalue weighted by Crippen LogP contribution is -2.45. The van der Waals surface area contributed by atoms with Crippen LogP contribution >= 0.6 is 0 Å². The molecule has 1 rings (SSSR count). The SMILES string of the molecule is COCC(C)(CNS(=O)(=O)c1ccc(NC(C)=O)cc1)OC. The summed E-state index contributed by atoms with van der Waals surface area (Å²) in [6.45, 7) is 3.47. The molecule has 0 fully saturated rings. The Morgan fingerprint density at radius 3 is 2.27 bits per heavy atom. The van der Waals surface area contributed by atoms with E-state index >= 15 is 0 Å². The Hall–Kier alpha value is -1.48. The average molecular weight is 330 g/mol. The molecule has 22 heavy (non-hydrogen) atoms. The van der Waals surface area contributed by atoms with Crippen LogP contribution in [0.2, 0.25) is 0 Å². The third-order valence-corrected chi connectivity index (χ3v) is 4.48. The summed E-state index contributed by atoms with van der Waals surface area (Å²) >= 11 is 0. The number of amides is 1. The molecule has 0 heterocycles. The maximum atomic E-state index is 12.2. The van der Waals surface area contributed by atoms with Crippen molar-refractivity contribution in [1.29, 1.82) is 0 Å². The summed E-state index contributed by atoms with van der Waals surface area (Å²) in [5.74, 6) is -0.218. The molecule has 1 unspecified atom stereocenters. The lowest BCUT2D eigenvalue weighted by molar-refractivity contribution is -0.114. The number of carbonyl (C=O) groups is 1. The molecular weight excluding hydrogens is 308 g/mol. The largest absolute Gasteiger partial charge is 0.382 e. The summed E-state index contributed by atoms with van der Waals surface area (Å²) in [6.07, 6.45) is 0. The number of ether oxygens (including phenoxy) is 2. The molecule has 1 atom stereocenters. The first-order chi connectivity index (χ1) is 10.2. The van der Waals surface area contributed by atoms with Crippen LogP contribution in [-0.2, 0) is 24.3 Å². The number of hydrogen-bond donors (Lipinski definition) is 2. The van der Waals surface area contributed by atoms with Crippen LogP contribution < -0.4 is 10.0 Å². The Morgan fingerprint density at radius 1 is 1.23 bits per heavy atom. The molecule has 8 heteroatoms. The smallest absolute Gasteiger partial charge is 0.240 e. The van der Waals surface area contributed by atoms with Gasteiger partial charge in [-0.3, -0.25) is 4.79 Å². The zero-order valence-corrected chi connectivity index (χ0v) is 14.0. The second kappa shape index (κ2) is 7.68. The number of benzene rings is 1. The third kappa shape index (κ3) is 5.38. The predicted octanol–water partition coefficient (Wildman–Crippen LogP) is 0.975. The number of nitrogens with one attached hydrogen (secondary N) is 2. The van der Waals surface area contributed by atoms with Crippen LogP contribution in [0.1, 0.15) is 13.8 Å². The minimum atomic E-state index is -3.67. The van der Waals surface area contributed by atoms with E-state index in [2.05, 4.69) is 10.0 Å². The highest BCUT2D eigenvalue weighted by Crippen LogP contribution is 2.15. The summed E-state index contributed by atoms with van der Waals surface area (Å²) in [5.41, 5.74) is -0.217. The number of carbonyl (C=O) groups excluding carboxylic acids is 1. The second-order valence-electron chi connectivity index (χ2n) is 5.12. The van der Waals surface area contributed by atoms with Gasteiger partial charge in [0.2, 0.25) is 15.9 Å². The predicted molar refractivity (Wildman–Crippen MR) is 83.2 cm³/mol. The van der Waals surface area contributed by atoms with Gasteiger partial charge < -0.3 is 14.8 Å². The normalized spacial score (nSPS) is 14.4. The van der Waals surface area contributed by atoms with Gasteiger partial charge in [-0.15, -0.1) is 0 Å². The molecule has 0 aliphatic heterocycles. The van der Waals surface area contributed by atoms with Gasteiger partial charge in [0.25, 0.3) is 0 Å². The van der Waals surface area contributed by atoms with Crippen molar-refractivity contribution in [3.63, 3.8) is 0 Å². The van der Waals surface area contributed by atoms with Gasteiger partial charge in [-0.2, -0.15) is 0 Å². The molecule has 0 aromatic heterocycles. The first kappa shape index (κ1) is 18.6. The van der Waals surface area contributed by atoms with Gasteiger partial charge in [0.05, 0.1) is 11.5 Å². The van der Waals surface area contributed by atoms with E-state index in [0.29, 0.717) is 5.69 Å². The highest BCUT2D eigenvalue weighted by molar-refractivity contribution is 7.89. The zero-order chi connectivity index (χ0) is 16.8. The molecule has 124 valence electrons. The Bertz CT molecular complexity index is 600. The number of anilines is 1. The molecule has 0 aliphatic carbocycles. The highest BCUT2D eigenvalue weighted by Gasteiger charge is 2.26. The van der Waals surface area contributed by atoms with Crippen molar-refractivity contribution in [1.82, 2.24) is 4.72 Å². The van der Waals surface area contributed by atoms with Gasteiger partial charge in [0.1, 0.15) is 5.60 Å². The van der Waals surface area contributed by atoms with E-state index in [1.807, 2.05) is 0 Å². The van der Waals surface area contributed by atoms with Crippen molar-refractivity contribution in [3.8, 4) is 0 Å². The summed E-state index contributed by atoms with van der Waals surface area (Å²) < 4.78 is 37.3. The molecule has 0 aliphatic rings. The van der Waals surface area contributed by atoms with E-state index < -0.39 is 15.6 Å². The Balaban J connectivity index is 2.80. The summed E-state index contributed by atoms with van der Waals surface area (Å²) in [5, 5.41) is 2.57. The Kier molecular flexibility index (Phi) is 6.48. The van der Waals surface area contributed by atoms with E-state index in [-0.39, 0.29) is 24.0 Å².